The number of ether oxygens (including phenoxy) is 1. The topological polar surface area (TPSA) is 91.0 Å². The van der Waals surface area contributed by atoms with Gasteiger partial charge in [-0.1, -0.05) is 13.0 Å². The second kappa shape index (κ2) is 10.9. The smallest absolute Gasteiger partial charge is 0.255 e. The number of benzene rings is 2. The predicted molar refractivity (Wildman–Crippen MR) is 134 cm³/mol. The van der Waals surface area contributed by atoms with E-state index >= 15 is 0 Å². The molecule has 2 aromatic rings. The lowest BCUT2D eigenvalue weighted by molar-refractivity contribution is 0.102. The normalized spacial score (nSPS) is 19.4. The van der Waals surface area contributed by atoms with Crippen LogP contribution >= 0.6 is 0 Å². The second-order valence-electron chi connectivity index (χ2n) is 8.89. The molecule has 0 bridgehead atoms. The number of aryl methyl sites for hydroxylation is 1. The zero-order valence-electron chi connectivity index (χ0n) is 19.9. The molecule has 1 amide bonds. The van der Waals surface area contributed by atoms with Gasteiger partial charge in [0.2, 0.25) is 10.0 Å². The Morgan fingerprint density at radius 3 is 2.59 bits per heavy atom. The van der Waals surface area contributed by atoms with E-state index in [2.05, 4.69) is 32.8 Å². The highest BCUT2D eigenvalue weighted by Crippen LogP contribution is 2.24. The van der Waals surface area contributed by atoms with Gasteiger partial charge in [-0.2, -0.15) is 0 Å². The molecule has 2 aromatic carbocycles. The lowest BCUT2D eigenvalue weighted by Crippen LogP contribution is -2.46. The minimum atomic E-state index is -3.73. The molecule has 9 heteroatoms. The van der Waals surface area contributed by atoms with Crippen LogP contribution < -0.4 is 14.9 Å². The number of hydrogen-bond donors (Lipinski definition) is 2. The SMILES string of the molecule is CCN1CCN(c2ccc(NC(=O)c3cccc(S(=O)(=O)NC[C@H]4CCCO4)c3)c(C)c2)CC1. The van der Waals surface area contributed by atoms with Crippen LogP contribution in [-0.4, -0.2) is 71.2 Å². The molecular weight excluding hydrogens is 452 g/mol. The van der Waals surface area contributed by atoms with Gasteiger partial charge in [0.1, 0.15) is 0 Å². The Morgan fingerprint density at radius 2 is 1.91 bits per heavy atom. The Labute approximate surface area is 202 Å². The van der Waals surface area contributed by atoms with Crippen LogP contribution in [0.25, 0.3) is 0 Å². The number of likely N-dealkylation sites (N-methyl/N-ethyl adjacent to an activating group) is 1. The number of sulfonamides is 1. The number of carbonyl (C=O) groups is 1. The number of hydrogen-bond acceptors (Lipinski definition) is 6. The third-order valence-corrected chi connectivity index (χ3v) is 8.00. The number of amides is 1. The van der Waals surface area contributed by atoms with E-state index in [1.807, 2.05) is 19.1 Å². The first-order valence-corrected chi connectivity index (χ1v) is 13.4. The summed E-state index contributed by atoms with van der Waals surface area (Å²) in [6.45, 7) is 10.2. The van der Waals surface area contributed by atoms with Gasteiger partial charge in [0.25, 0.3) is 5.91 Å². The van der Waals surface area contributed by atoms with Crippen LogP contribution in [0, 0.1) is 6.92 Å². The van der Waals surface area contributed by atoms with E-state index in [1.165, 1.54) is 12.1 Å². The fourth-order valence-corrected chi connectivity index (χ4v) is 5.51. The Hall–Kier alpha value is -2.46. The highest BCUT2D eigenvalue weighted by atomic mass is 32.2. The van der Waals surface area contributed by atoms with Crippen LogP contribution in [0.5, 0.6) is 0 Å². The van der Waals surface area contributed by atoms with Gasteiger partial charge in [-0.25, -0.2) is 13.1 Å². The summed E-state index contributed by atoms with van der Waals surface area (Å²) < 4.78 is 33.5. The van der Waals surface area contributed by atoms with Gasteiger partial charge >= 0.3 is 0 Å². The van der Waals surface area contributed by atoms with Gasteiger partial charge < -0.3 is 19.9 Å². The van der Waals surface area contributed by atoms with Crippen molar-refractivity contribution >= 4 is 27.3 Å². The van der Waals surface area contributed by atoms with Crippen LogP contribution in [0.4, 0.5) is 11.4 Å². The summed E-state index contributed by atoms with van der Waals surface area (Å²) in [6, 6.07) is 12.1. The van der Waals surface area contributed by atoms with E-state index in [9.17, 15) is 13.2 Å². The highest BCUT2D eigenvalue weighted by molar-refractivity contribution is 7.89. The minimum Gasteiger partial charge on any atom is -0.377 e. The molecule has 0 unspecified atom stereocenters. The molecule has 184 valence electrons. The van der Waals surface area contributed by atoms with Gasteiger partial charge in [0.15, 0.2) is 0 Å². The Bertz CT molecular complexity index is 1110. The van der Waals surface area contributed by atoms with Gasteiger partial charge in [0, 0.05) is 56.3 Å². The van der Waals surface area contributed by atoms with Crippen molar-refractivity contribution in [2.45, 2.75) is 37.7 Å². The molecule has 0 spiro atoms. The van der Waals surface area contributed by atoms with Crippen LogP contribution in [-0.2, 0) is 14.8 Å². The molecule has 2 aliphatic heterocycles. The molecule has 34 heavy (non-hydrogen) atoms. The molecule has 0 saturated carbocycles. The summed E-state index contributed by atoms with van der Waals surface area (Å²) in [7, 11) is -3.73. The quantitative estimate of drug-likeness (QED) is 0.596. The Morgan fingerprint density at radius 1 is 1.12 bits per heavy atom. The van der Waals surface area contributed by atoms with Crippen molar-refractivity contribution in [3.8, 4) is 0 Å². The maximum absolute atomic E-state index is 12.9. The molecule has 2 fully saturated rings. The predicted octanol–water partition coefficient (Wildman–Crippen LogP) is 2.85. The third-order valence-electron chi connectivity index (χ3n) is 6.57. The maximum atomic E-state index is 12.9. The standard InChI is InChI=1S/C25H34N4O4S/c1-3-28-11-13-29(14-12-28)21-9-10-24(19(2)16-21)27-25(30)20-6-4-8-23(17-20)34(31,32)26-18-22-7-5-15-33-22/h4,6,8-10,16-17,22,26H,3,5,7,11-15,18H2,1-2H3,(H,27,30)/t22-/m1/s1. The van der Waals surface area contributed by atoms with Crippen molar-refractivity contribution in [1.29, 1.82) is 0 Å². The monoisotopic (exact) mass is 486 g/mol. The number of carbonyl (C=O) groups excluding carboxylic acids is 1. The zero-order chi connectivity index (χ0) is 24.1. The van der Waals surface area contributed by atoms with E-state index in [4.69, 9.17) is 4.74 Å². The van der Waals surface area contributed by atoms with Crippen molar-refractivity contribution < 1.29 is 17.9 Å². The van der Waals surface area contributed by atoms with E-state index < -0.39 is 10.0 Å². The summed E-state index contributed by atoms with van der Waals surface area (Å²) in [5, 5.41) is 2.93. The first-order valence-electron chi connectivity index (χ1n) is 12.0. The zero-order valence-corrected chi connectivity index (χ0v) is 20.7. The molecule has 0 aliphatic carbocycles. The first-order chi connectivity index (χ1) is 16.4. The fourth-order valence-electron chi connectivity index (χ4n) is 4.40. The molecule has 2 aliphatic rings. The number of piperazine rings is 1. The van der Waals surface area contributed by atoms with Crippen LogP contribution in [0.15, 0.2) is 47.4 Å². The molecule has 2 saturated heterocycles. The van der Waals surface area contributed by atoms with Crippen LogP contribution in [0.2, 0.25) is 0 Å². The molecule has 8 nitrogen and oxygen atoms in total. The van der Waals surface area contributed by atoms with Crippen molar-refractivity contribution in [2.24, 2.45) is 0 Å². The van der Waals surface area contributed by atoms with E-state index in [1.54, 1.807) is 12.1 Å². The van der Waals surface area contributed by atoms with Crippen LogP contribution in [0.3, 0.4) is 0 Å². The van der Waals surface area contributed by atoms with E-state index in [-0.39, 0.29) is 23.5 Å². The molecule has 4 rings (SSSR count). The van der Waals surface area contributed by atoms with Crippen molar-refractivity contribution in [3.05, 3.63) is 53.6 Å². The summed E-state index contributed by atoms with van der Waals surface area (Å²) in [5.74, 6) is -0.344. The van der Waals surface area contributed by atoms with Crippen molar-refractivity contribution in [1.82, 2.24) is 9.62 Å². The fraction of sp³-hybridized carbons (Fsp3) is 0.480. The first kappa shape index (κ1) is 24.7. The van der Waals surface area contributed by atoms with Gasteiger partial charge in [-0.15, -0.1) is 0 Å². The molecule has 0 radical (unpaired) electrons. The number of rotatable bonds is 8. The largest absolute Gasteiger partial charge is 0.377 e. The molecule has 1 atom stereocenters. The summed E-state index contributed by atoms with van der Waals surface area (Å²) in [6.07, 6.45) is 1.69. The molecular formula is C25H34N4O4S. The number of nitrogens with one attached hydrogen (secondary N) is 2. The van der Waals surface area contributed by atoms with Crippen molar-refractivity contribution in [2.75, 3.05) is 56.1 Å². The van der Waals surface area contributed by atoms with Gasteiger partial charge in [-0.3, -0.25) is 4.79 Å². The minimum absolute atomic E-state index is 0.0661. The van der Waals surface area contributed by atoms with Crippen LogP contribution in [0.1, 0.15) is 35.7 Å². The van der Waals surface area contributed by atoms with Crippen molar-refractivity contribution in [3.63, 3.8) is 0 Å². The Kier molecular flexibility index (Phi) is 7.88. The summed E-state index contributed by atoms with van der Waals surface area (Å²) in [5.41, 5.74) is 3.12. The summed E-state index contributed by atoms with van der Waals surface area (Å²) in [4.78, 5) is 17.8. The molecule has 0 aromatic heterocycles. The second-order valence-corrected chi connectivity index (χ2v) is 10.7. The average Bonchev–Trinajstić information content (AvgIpc) is 3.38. The Balaban J connectivity index is 1.40. The summed E-state index contributed by atoms with van der Waals surface area (Å²) >= 11 is 0. The highest BCUT2D eigenvalue weighted by Gasteiger charge is 2.21. The van der Waals surface area contributed by atoms with Gasteiger partial charge in [0.05, 0.1) is 11.0 Å². The maximum Gasteiger partial charge on any atom is 0.255 e. The van der Waals surface area contributed by atoms with E-state index in [0.717, 1.165) is 56.8 Å². The third kappa shape index (κ3) is 5.96. The molecule has 2 N–H and O–H groups in total. The number of nitrogens with zero attached hydrogens (tertiary/aromatic N) is 2. The lowest BCUT2D eigenvalue weighted by Gasteiger charge is -2.35. The lowest BCUT2D eigenvalue weighted by atomic mass is 10.1. The van der Waals surface area contributed by atoms with E-state index in [0.29, 0.717) is 17.9 Å². The average molecular weight is 487 g/mol. The number of anilines is 2. The molecule has 2 heterocycles. The van der Waals surface area contributed by atoms with Gasteiger partial charge in [-0.05, 0) is 68.3 Å².